The molecule has 0 fully saturated rings. The Morgan fingerprint density at radius 3 is 1.88 bits per heavy atom. The van der Waals surface area contributed by atoms with Crippen molar-refractivity contribution in [2.75, 3.05) is 0 Å². The third-order valence-corrected chi connectivity index (χ3v) is 2.60. The highest BCUT2D eigenvalue weighted by Crippen LogP contribution is 2.14. The standard InChI is InChI=1S/C8H14N2.C4H6N2/c1-7(2)8(3)10-5-4-9-6-10;1-6-3-2-5-4-6/h4-8H,1-3H3;2-4H,1H3. The molecule has 2 aromatic heterocycles. The van der Waals surface area contributed by atoms with Gasteiger partial charge in [-0.25, -0.2) is 9.97 Å². The van der Waals surface area contributed by atoms with Crippen LogP contribution in [0.5, 0.6) is 0 Å². The molecule has 4 heteroatoms. The van der Waals surface area contributed by atoms with E-state index in [1.165, 1.54) is 0 Å². The van der Waals surface area contributed by atoms with Crippen LogP contribution in [0.4, 0.5) is 0 Å². The first-order valence-corrected chi connectivity index (χ1v) is 5.50. The predicted octanol–water partition coefficient (Wildman–Crippen LogP) is 2.52. The van der Waals surface area contributed by atoms with E-state index in [4.69, 9.17) is 0 Å². The monoisotopic (exact) mass is 220 g/mol. The van der Waals surface area contributed by atoms with Gasteiger partial charge in [0.15, 0.2) is 0 Å². The van der Waals surface area contributed by atoms with Gasteiger partial charge >= 0.3 is 0 Å². The van der Waals surface area contributed by atoms with Crippen molar-refractivity contribution in [2.24, 2.45) is 13.0 Å². The number of aromatic nitrogens is 4. The molecule has 1 unspecified atom stereocenters. The van der Waals surface area contributed by atoms with E-state index >= 15 is 0 Å². The Kier molecular flexibility index (Phi) is 4.76. The molecule has 0 radical (unpaired) electrons. The number of aryl methyl sites for hydroxylation is 1. The van der Waals surface area contributed by atoms with Crippen LogP contribution in [0.1, 0.15) is 26.8 Å². The molecule has 0 bridgehead atoms. The van der Waals surface area contributed by atoms with Crippen LogP contribution >= 0.6 is 0 Å². The Bertz CT molecular complexity index is 362. The highest BCUT2D eigenvalue weighted by molar-refractivity contribution is 4.79. The molecule has 0 aliphatic rings. The molecular weight excluding hydrogens is 200 g/mol. The fraction of sp³-hybridized carbons (Fsp3) is 0.500. The van der Waals surface area contributed by atoms with Crippen LogP contribution in [0, 0.1) is 5.92 Å². The summed E-state index contributed by atoms with van der Waals surface area (Å²) in [7, 11) is 1.94. The van der Waals surface area contributed by atoms with Crippen LogP contribution in [0.25, 0.3) is 0 Å². The summed E-state index contributed by atoms with van der Waals surface area (Å²) in [6.45, 7) is 6.63. The average Bonchev–Trinajstić information content (AvgIpc) is 2.89. The molecule has 0 aliphatic carbocycles. The van der Waals surface area contributed by atoms with Crippen molar-refractivity contribution in [3.8, 4) is 0 Å². The molecule has 0 aliphatic heterocycles. The summed E-state index contributed by atoms with van der Waals surface area (Å²) < 4.78 is 4.02. The quantitative estimate of drug-likeness (QED) is 0.779. The van der Waals surface area contributed by atoms with Crippen molar-refractivity contribution in [2.45, 2.75) is 26.8 Å². The van der Waals surface area contributed by atoms with E-state index < -0.39 is 0 Å². The van der Waals surface area contributed by atoms with E-state index in [-0.39, 0.29) is 0 Å². The van der Waals surface area contributed by atoms with E-state index in [0.29, 0.717) is 12.0 Å². The van der Waals surface area contributed by atoms with Gasteiger partial charge in [0.1, 0.15) is 0 Å². The molecule has 2 aromatic rings. The van der Waals surface area contributed by atoms with Gasteiger partial charge in [0.05, 0.1) is 12.7 Å². The van der Waals surface area contributed by atoms with Crippen molar-refractivity contribution in [3.05, 3.63) is 37.4 Å². The highest BCUT2D eigenvalue weighted by Gasteiger charge is 2.06. The molecule has 4 nitrogen and oxygen atoms in total. The van der Waals surface area contributed by atoms with E-state index in [9.17, 15) is 0 Å². The maximum Gasteiger partial charge on any atom is 0.0948 e. The largest absolute Gasteiger partial charge is 0.341 e. The van der Waals surface area contributed by atoms with Crippen LogP contribution in [0.15, 0.2) is 37.4 Å². The minimum atomic E-state index is 0.558. The summed E-state index contributed by atoms with van der Waals surface area (Å²) in [6, 6.07) is 0.558. The number of hydrogen-bond acceptors (Lipinski definition) is 2. The molecular formula is C12H20N4. The fourth-order valence-corrected chi connectivity index (χ4v) is 1.18. The summed E-state index contributed by atoms with van der Waals surface area (Å²) >= 11 is 0. The van der Waals surface area contributed by atoms with Crippen LogP contribution < -0.4 is 0 Å². The first kappa shape index (κ1) is 12.5. The van der Waals surface area contributed by atoms with E-state index in [2.05, 4.69) is 35.3 Å². The van der Waals surface area contributed by atoms with Crippen LogP contribution in [-0.2, 0) is 7.05 Å². The van der Waals surface area contributed by atoms with Gasteiger partial charge in [-0.05, 0) is 12.8 Å². The van der Waals surface area contributed by atoms with Gasteiger partial charge in [-0.3, -0.25) is 0 Å². The lowest BCUT2D eigenvalue weighted by molar-refractivity contribution is 0.408. The van der Waals surface area contributed by atoms with Crippen LogP contribution in [-0.4, -0.2) is 19.1 Å². The normalized spacial score (nSPS) is 12.1. The second kappa shape index (κ2) is 6.10. The molecule has 0 saturated heterocycles. The summed E-state index contributed by atoms with van der Waals surface area (Å²) in [4.78, 5) is 7.77. The number of nitrogens with zero attached hydrogens (tertiary/aromatic N) is 4. The molecule has 0 aromatic carbocycles. The minimum absolute atomic E-state index is 0.558. The third-order valence-electron chi connectivity index (χ3n) is 2.60. The van der Waals surface area contributed by atoms with Crippen molar-refractivity contribution in [3.63, 3.8) is 0 Å². The van der Waals surface area contributed by atoms with Crippen molar-refractivity contribution in [1.29, 1.82) is 0 Å². The second-order valence-corrected chi connectivity index (χ2v) is 4.22. The van der Waals surface area contributed by atoms with Crippen LogP contribution in [0.2, 0.25) is 0 Å². The van der Waals surface area contributed by atoms with Gasteiger partial charge < -0.3 is 9.13 Å². The molecule has 1 atom stereocenters. The summed E-state index contributed by atoms with van der Waals surface area (Å²) in [5.41, 5.74) is 0. The first-order valence-electron chi connectivity index (χ1n) is 5.50. The van der Waals surface area contributed by atoms with Crippen molar-refractivity contribution < 1.29 is 0 Å². The third kappa shape index (κ3) is 3.88. The zero-order valence-corrected chi connectivity index (χ0v) is 10.4. The lowest BCUT2D eigenvalue weighted by Gasteiger charge is -2.16. The van der Waals surface area contributed by atoms with Crippen LogP contribution in [0.3, 0.4) is 0 Å². The maximum absolute atomic E-state index is 3.99. The molecule has 0 amide bonds. The topological polar surface area (TPSA) is 35.6 Å². The van der Waals surface area contributed by atoms with Gasteiger partial charge in [0, 0.05) is 37.9 Å². The molecule has 88 valence electrons. The summed E-state index contributed by atoms with van der Waals surface area (Å²) in [6.07, 6.45) is 11.1. The summed E-state index contributed by atoms with van der Waals surface area (Å²) in [5.74, 6) is 0.675. The number of hydrogen-bond donors (Lipinski definition) is 0. The first-order chi connectivity index (χ1) is 7.61. The molecule has 2 heterocycles. The highest BCUT2D eigenvalue weighted by atomic mass is 15.0. The van der Waals surface area contributed by atoms with Gasteiger partial charge in [-0.2, -0.15) is 0 Å². The smallest absolute Gasteiger partial charge is 0.0948 e. The van der Waals surface area contributed by atoms with Gasteiger partial charge in [0.25, 0.3) is 0 Å². The van der Waals surface area contributed by atoms with Gasteiger partial charge in [-0.15, -0.1) is 0 Å². The maximum atomic E-state index is 3.99. The lowest BCUT2D eigenvalue weighted by Crippen LogP contribution is -2.08. The Morgan fingerprint density at radius 2 is 1.56 bits per heavy atom. The molecule has 0 spiro atoms. The van der Waals surface area contributed by atoms with E-state index in [0.717, 1.165) is 0 Å². The SMILES string of the molecule is CC(C)C(C)n1ccnc1.Cn1ccnc1. The van der Waals surface area contributed by atoms with Crippen molar-refractivity contribution >= 4 is 0 Å². The molecule has 16 heavy (non-hydrogen) atoms. The Hall–Kier alpha value is -1.58. The van der Waals surface area contributed by atoms with E-state index in [1.54, 1.807) is 12.5 Å². The molecule has 0 saturated carbocycles. The van der Waals surface area contributed by atoms with Gasteiger partial charge in [0.2, 0.25) is 0 Å². The summed E-state index contributed by atoms with van der Waals surface area (Å²) in [5, 5.41) is 0. The van der Waals surface area contributed by atoms with E-state index in [1.807, 2.05) is 36.5 Å². The minimum Gasteiger partial charge on any atom is -0.341 e. The fourth-order valence-electron chi connectivity index (χ4n) is 1.18. The zero-order valence-electron chi connectivity index (χ0n) is 10.4. The second-order valence-electron chi connectivity index (χ2n) is 4.22. The molecule has 2 rings (SSSR count). The number of rotatable bonds is 2. The average molecular weight is 220 g/mol. The number of imidazole rings is 2. The van der Waals surface area contributed by atoms with Crippen molar-refractivity contribution in [1.82, 2.24) is 19.1 Å². The Balaban J connectivity index is 0.000000181. The Labute approximate surface area is 97.0 Å². The lowest BCUT2D eigenvalue weighted by atomic mass is 10.1. The van der Waals surface area contributed by atoms with Gasteiger partial charge in [-0.1, -0.05) is 13.8 Å². The predicted molar refractivity (Wildman–Crippen MR) is 65.0 cm³/mol. The molecule has 0 N–H and O–H groups in total. The Morgan fingerprint density at radius 1 is 0.938 bits per heavy atom. The zero-order chi connectivity index (χ0) is 12.0.